The van der Waals surface area contributed by atoms with Crippen molar-refractivity contribution in [2.75, 3.05) is 0 Å². The minimum Gasteiger partial charge on any atom is -0.125 e. The monoisotopic (exact) mass is 534 g/mol. The zero-order chi connectivity index (χ0) is 30.1. The smallest absolute Gasteiger partial charge is 0.00223 e. The van der Waals surface area contributed by atoms with Gasteiger partial charge in [-0.1, -0.05) is 99.7 Å². The van der Waals surface area contributed by atoms with Gasteiger partial charge in [-0.25, -0.2) is 0 Å². The van der Waals surface area contributed by atoms with Crippen molar-refractivity contribution in [2.45, 2.75) is 99.8 Å². The first kappa shape index (κ1) is 34.7. The van der Waals surface area contributed by atoms with Gasteiger partial charge in [0, 0.05) is 0 Å². The largest absolute Gasteiger partial charge is 0.125 e. The van der Waals surface area contributed by atoms with E-state index in [2.05, 4.69) is 122 Å². The summed E-state index contributed by atoms with van der Waals surface area (Å²) in [6, 6.07) is 20.2. The molecule has 3 aromatic rings. The summed E-state index contributed by atoms with van der Waals surface area (Å²) in [6.07, 6.45) is 10.7. The fourth-order valence-corrected chi connectivity index (χ4v) is 5.32. The van der Waals surface area contributed by atoms with E-state index in [1.54, 1.807) is 28.8 Å². The van der Waals surface area contributed by atoms with Gasteiger partial charge in [0.05, 0.1) is 0 Å². The van der Waals surface area contributed by atoms with Crippen LogP contribution in [0.25, 0.3) is 5.57 Å². The maximum absolute atomic E-state index is 3.77. The quantitative estimate of drug-likeness (QED) is 0.218. The molecule has 1 aliphatic carbocycles. The van der Waals surface area contributed by atoms with Gasteiger partial charge < -0.3 is 0 Å². The van der Waals surface area contributed by atoms with E-state index in [0.29, 0.717) is 5.92 Å². The summed E-state index contributed by atoms with van der Waals surface area (Å²) in [6.45, 7) is 27.5. The number of hydrogen-bond donors (Lipinski definition) is 0. The van der Waals surface area contributed by atoms with Gasteiger partial charge >= 0.3 is 0 Å². The average molecular weight is 535 g/mol. The summed E-state index contributed by atoms with van der Waals surface area (Å²) in [5.74, 6) is 0.581. The zero-order valence-corrected chi connectivity index (χ0v) is 26.8. The van der Waals surface area contributed by atoms with Gasteiger partial charge in [0.2, 0.25) is 0 Å². The Morgan fingerprint density at radius 2 is 1.48 bits per heavy atom. The van der Waals surface area contributed by atoms with E-state index in [9.17, 15) is 0 Å². The number of fused-ring (bicyclic) bond motifs is 1. The second kappa shape index (κ2) is 18.9. The molecule has 0 amide bonds. The molecule has 0 N–H and O–H groups in total. The van der Waals surface area contributed by atoms with E-state index in [1.807, 2.05) is 13.8 Å². The Balaban J connectivity index is 0.000000336. The molecule has 0 bridgehead atoms. The van der Waals surface area contributed by atoms with E-state index < -0.39 is 0 Å². The van der Waals surface area contributed by atoms with Crippen molar-refractivity contribution in [3.8, 4) is 0 Å². The van der Waals surface area contributed by atoms with Crippen LogP contribution < -0.4 is 0 Å². The van der Waals surface area contributed by atoms with Crippen molar-refractivity contribution in [2.24, 2.45) is 0 Å². The Kier molecular flexibility index (Phi) is 16.4. The van der Waals surface area contributed by atoms with Gasteiger partial charge in [-0.2, -0.15) is 0 Å². The first-order valence-corrected chi connectivity index (χ1v) is 15.0. The predicted octanol–water partition coefficient (Wildman–Crippen LogP) is 11.5. The first-order valence-electron chi connectivity index (χ1n) is 15.0. The highest BCUT2D eigenvalue weighted by Crippen LogP contribution is 2.34. The summed E-state index contributed by atoms with van der Waals surface area (Å²) in [4.78, 5) is 0. The lowest BCUT2D eigenvalue weighted by Gasteiger charge is -2.15. The minimum absolute atomic E-state index is 0.581. The van der Waals surface area contributed by atoms with Gasteiger partial charge in [-0.3, -0.25) is 0 Å². The third-order valence-electron chi connectivity index (χ3n) is 7.35. The third-order valence-corrected chi connectivity index (χ3v) is 7.35. The van der Waals surface area contributed by atoms with Crippen molar-refractivity contribution in [1.82, 2.24) is 0 Å². The molecule has 0 nitrogen and oxygen atoms in total. The average Bonchev–Trinajstić information content (AvgIpc) is 3.43. The molecule has 3 aromatic carbocycles. The molecular weight excluding hydrogens is 480 g/mol. The molecule has 1 unspecified atom stereocenters. The molecule has 0 saturated carbocycles. The fraction of sp³-hybridized carbons (Fsp3) is 0.375. The number of benzene rings is 3. The van der Waals surface area contributed by atoms with Gasteiger partial charge in [0.25, 0.3) is 0 Å². The van der Waals surface area contributed by atoms with Crippen LogP contribution >= 0.6 is 0 Å². The van der Waals surface area contributed by atoms with Gasteiger partial charge in [0.15, 0.2) is 0 Å². The van der Waals surface area contributed by atoms with E-state index >= 15 is 0 Å². The lowest BCUT2D eigenvalue weighted by Crippen LogP contribution is -1.99. The maximum atomic E-state index is 3.77. The molecule has 214 valence electrons. The Labute approximate surface area is 247 Å². The molecule has 0 heteroatoms. The van der Waals surface area contributed by atoms with Crippen LogP contribution in [0.2, 0.25) is 0 Å². The Bertz CT molecular complexity index is 1240. The lowest BCUT2D eigenvalue weighted by atomic mass is 9.90. The molecule has 1 atom stereocenters. The highest BCUT2D eigenvalue weighted by Gasteiger charge is 2.20. The van der Waals surface area contributed by atoms with Crippen LogP contribution in [0.4, 0.5) is 0 Å². The molecule has 0 radical (unpaired) electrons. The molecule has 0 saturated heterocycles. The Hall–Kier alpha value is -3.34. The fourth-order valence-electron chi connectivity index (χ4n) is 5.32. The molecular formula is C40H54. The van der Waals surface area contributed by atoms with Crippen LogP contribution in [0.1, 0.15) is 104 Å². The van der Waals surface area contributed by atoms with E-state index in [1.165, 1.54) is 58.2 Å². The van der Waals surface area contributed by atoms with E-state index in [-0.39, 0.29) is 0 Å². The van der Waals surface area contributed by atoms with Crippen LogP contribution in [0.3, 0.4) is 0 Å². The van der Waals surface area contributed by atoms with Crippen molar-refractivity contribution >= 4 is 5.57 Å². The lowest BCUT2D eigenvalue weighted by molar-refractivity contribution is 0.758. The number of aryl methyl sites for hydroxylation is 3. The predicted molar refractivity (Wildman–Crippen MR) is 182 cm³/mol. The van der Waals surface area contributed by atoms with Crippen LogP contribution in [0.5, 0.6) is 0 Å². The summed E-state index contributed by atoms with van der Waals surface area (Å²) in [5.41, 5.74) is 17.5. The first-order chi connectivity index (χ1) is 19.2. The molecule has 0 spiro atoms. The third kappa shape index (κ3) is 10.7. The molecule has 0 aromatic heterocycles. The van der Waals surface area contributed by atoms with Crippen molar-refractivity contribution in [3.05, 3.63) is 142 Å². The second-order valence-corrected chi connectivity index (χ2v) is 10.7. The second-order valence-electron chi connectivity index (χ2n) is 10.7. The van der Waals surface area contributed by atoms with Crippen LogP contribution in [0.15, 0.2) is 92.2 Å². The molecule has 1 aliphatic rings. The maximum Gasteiger partial charge on any atom is -0.00223 e. The summed E-state index contributed by atoms with van der Waals surface area (Å²) >= 11 is 0. The van der Waals surface area contributed by atoms with Crippen LogP contribution in [-0.2, 0) is 32.1 Å². The molecule has 0 aliphatic heterocycles. The van der Waals surface area contributed by atoms with Crippen molar-refractivity contribution in [3.63, 3.8) is 0 Å². The van der Waals surface area contributed by atoms with Gasteiger partial charge in [-0.05, 0) is 129 Å². The van der Waals surface area contributed by atoms with Crippen molar-refractivity contribution < 1.29 is 0 Å². The molecule has 0 fully saturated rings. The number of rotatable bonds is 6. The standard InChI is InChI=1S/C18H22.C16H20.2C3H6/c1-4-16-8-10-18(11-9-16)15(3)13-17-7-5-6-14(2)12-17;1-5-11(3)16-10-12(4)13(6-2)14-8-7-9-15(14)16;2*1-3-2/h5-12,15H,4,13H2,1-3H3;10H,1,6-9H2,2-4H3;2*3H,1H2,2H3. The summed E-state index contributed by atoms with van der Waals surface area (Å²) < 4.78 is 0. The van der Waals surface area contributed by atoms with Gasteiger partial charge in [-0.15, -0.1) is 18.9 Å². The minimum atomic E-state index is 0.581. The van der Waals surface area contributed by atoms with E-state index in [0.717, 1.165) is 19.3 Å². The SMILES string of the molecule is C=C=C(C)c1cc(C)c(CC)c2c1CCC2.C=CC.C=CC.CCc1ccc(C(C)Cc2cccc(C)c2)cc1. The van der Waals surface area contributed by atoms with E-state index in [4.69, 9.17) is 0 Å². The summed E-state index contributed by atoms with van der Waals surface area (Å²) in [7, 11) is 0. The highest BCUT2D eigenvalue weighted by atomic mass is 14.2. The summed E-state index contributed by atoms with van der Waals surface area (Å²) in [5, 5.41) is 0. The van der Waals surface area contributed by atoms with Crippen LogP contribution in [0, 0.1) is 13.8 Å². The zero-order valence-electron chi connectivity index (χ0n) is 26.8. The van der Waals surface area contributed by atoms with Crippen molar-refractivity contribution in [1.29, 1.82) is 0 Å². The van der Waals surface area contributed by atoms with Gasteiger partial charge in [0.1, 0.15) is 0 Å². The number of hydrogen-bond acceptors (Lipinski definition) is 0. The normalized spacial score (nSPS) is 11.6. The van der Waals surface area contributed by atoms with Crippen LogP contribution in [-0.4, -0.2) is 0 Å². The molecule has 4 rings (SSSR count). The molecule has 0 heterocycles. The Morgan fingerprint density at radius 1 is 0.875 bits per heavy atom. The highest BCUT2D eigenvalue weighted by molar-refractivity contribution is 5.69. The topological polar surface area (TPSA) is 0 Å². The molecule has 40 heavy (non-hydrogen) atoms. The Morgan fingerprint density at radius 3 is 2.00 bits per heavy atom. The number of allylic oxidation sites excluding steroid dienone is 3.